The molecule has 0 spiro atoms. The Morgan fingerprint density at radius 3 is 1.74 bits per heavy atom. The van der Waals surface area contributed by atoms with Gasteiger partial charge < -0.3 is 4.98 Å². The van der Waals surface area contributed by atoms with E-state index in [1.54, 1.807) is 37.1 Å². The predicted molar refractivity (Wildman–Crippen MR) is 146 cm³/mol. The molecule has 0 atom stereocenters. The largest absolute Gasteiger partial charge is 0.352 e. The molecule has 1 N–H and O–H groups in total. The summed E-state index contributed by atoms with van der Waals surface area (Å²) in [6.45, 7) is 0. The van der Waals surface area contributed by atoms with Crippen LogP contribution in [0.3, 0.4) is 0 Å². The number of nitrogens with one attached hydrogen (secondary N) is 1. The molecule has 9 heteroatoms. The van der Waals surface area contributed by atoms with E-state index in [-0.39, 0.29) is 28.3 Å². The van der Waals surface area contributed by atoms with Crippen molar-refractivity contribution in [3.05, 3.63) is 132 Å². The number of nitrogens with zero attached hydrogens (tertiary/aromatic N) is 5. The molecule has 5 aromatic rings. The van der Waals surface area contributed by atoms with Crippen LogP contribution in [0, 0.1) is 0 Å². The van der Waals surface area contributed by atoms with Gasteiger partial charge in [0.15, 0.2) is 11.2 Å². The zero-order valence-electron chi connectivity index (χ0n) is 20.6. The minimum Gasteiger partial charge on any atom is -0.352 e. The third-order valence-corrected chi connectivity index (χ3v) is 5.57. The van der Waals surface area contributed by atoms with E-state index in [2.05, 4.69) is 29.9 Å². The normalized spacial score (nSPS) is 12.0. The van der Waals surface area contributed by atoms with Crippen molar-refractivity contribution in [3.63, 3.8) is 0 Å². The van der Waals surface area contributed by atoms with Crippen molar-refractivity contribution in [2.75, 3.05) is 0 Å². The van der Waals surface area contributed by atoms with Gasteiger partial charge in [-0.2, -0.15) is 0 Å². The van der Waals surface area contributed by atoms with Gasteiger partial charge >= 0.3 is 0 Å². The summed E-state index contributed by atoms with van der Waals surface area (Å²) in [7, 11) is 0. The molecule has 8 nitrogen and oxygen atoms in total. The van der Waals surface area contributed by atoms with Crippen molar-refractivity contribution in [2.24, 2.45) is 4.99 Å². The first kappa shape index (κ1) is 27.2. The van der Waals surface area contributed by atoms with Crippen LogP contribution in [0.1, 0.15) is 12.1 Å². The number of allylic oxidation sites excluding steroid dienone is 1. The SMILES string of the molecule is O=C1CC=CN=C1c1ncccc1-c1ccccn1.O=c1cc(-c2ccccn2)[nH]c(-c2ccccn2)c1.[Mn]. The van der Waals surface area contributed by atoms with Gasteiger partial charge in [-0.15, -0.1) is 0 Å². The Bertz CT molecular complexity index is 1610. The van der Waals surface area contributed by atoms with E-state index in [0.717, 1.165) is 22.6 Å². The molecule has 39 heavy (non-hydrogen) atoms. The first-order chi connectivity index (χ1) is 18.7. The minimum atomic E-state index is -0.0694. The maximum atomic E-state index is 11.9. The Kier molecular flexibility index (Phi) is 9.13. The smallest absolute Gasteiger partial charge is 0.187 e. The second-order valence-electron chi connectivity index (χ2n) is 8.18. The molecule has 0 aliphatic carbocycles. The second kappa shape index (κ2) is 13.1. The van der Waals surface area contributed by atoms with Crippen LogP contribution in [0.4, 0.5) is 0 Å². The van der Waals surface area contributed by atoms with E-state index < -0.39 is 0 Å². The average molecular weight is 553 g/mol. The van der Waals surface area contributed by atoms with Crippen LogP contribution >= 0.6 is 0 Å². The van der Waals surface area contributed by atoms with Gasteiger partial charge in [-0.1, -0.05) is 24.3 Å². The predicted octanol–water partition coefficient (Wildman–Crippen LogP) is 4.92. The van der Waals surface area contributed by atoms with Crippen molar-refractivity contribution < 1.29 is 21.9 Å². The number of hydrogen-bond donors (Lipinski definition) is 1. The Balaban J connectivity index is 0.000000176. The maximum Gasteiger partial charge on any atom is 0.187 e. The zero-order valence-corrected chi connectivity index (χ0v) is 21.8. The molecule has 0 amide bonds. The molecule has 1 radical (unpaired) electrons. The van der Waals surface area contributed by atoms with Crippen molar-refractivity contribution in [2.45, 2.75) is 6.42 Å². The molecule has 0 aromatic carbocycles. The van der Waals surface area contributed by atoms with Gasteiger partial charge in [0.05, 0.1) is 28.5 Å². The number of hydrogen-bond acceptors (Lipinski definition) is 7. The molecule has 1 aliphatic rings. The van der Waals surface area contributed by atoms with E-state index in [4.69, 9.17) is 0 Å². The Morgan fingerprint density at radius 1 is 0.641 bits per heavy atom. The molecule has 1 aliphatic heterocycles. The molecule has 6 heterocycles. The van der Waals surface area contributed by atoms with E-state index in [9.17, 15) is 9.59 Å². The van der Waals surface area contributed by atoms with Gasteiger partial charge in [0.25, 0.3) is 0 Å². The van der Waals surface area contributed by atoms with Gasteiger partial charge in [-0.3, -0.25) is 34.5 Å². The van der Waals surface area contributed by atoms with Crippen LogP contribution in [0.25, 0.3) is 34.0 Å². The van der Waals surface area contributed by atoms with E-state index in [1.165, 1.54) is 12.1 Å². The molecule has 5 aromatic heterocycles. The van der Waals surface area contributed by atoms with Crippen LogP contribution in [0.15, 0.2) is 126 Å². The summed E-state index contributed by atoms with van der Waals surface area (Å²) in [4.78, 5) is 48.2. The number of carbonyl (C=O) groups is 1. The molecule has 0 saturated carbocycles. The number of ketones is 1. The molecule has 6 rings (SSSR count). The quantitative estimate of drug-likeness (QED) is 0.316. The standard InChI is InChI=1S/2C15H11N3O.Mn/c19-11-9-14(12-5-1-3-7-16-12)18-15(10-11)13-6-2-4-8-17-13;19-13-7-4-10-18-15(13)14-11(5-3-9-17-14)12-6-1-2-8-16-12;/h1-10H,(H,18,19);1-6,8-10H,7H2;. The molecular weight excluding hydrogens is 531 g/mol. The molecule has 191 valence electrons. The Labute approximate surface area is 235 Å². The monoisotopic (exact) mass is 553 g/mol. The fraction of sp³-hybridized carbons (Fsp3) is 0.0333. The van der Waals surface area contributed by atoms with Gasteiger partial charge in [-0.05, 0) is 48.5 Å². The number of carbonyl (C=O) groups excluding carboxylic acids is 1. The number of H-pyrrole nitrogens is 1. The third-order valence-electron chi connectivity index (χ3n) is 5.57. The van der Waals surface area contributed by atoms with Gasteiger partial charge in [-0.25, -0.2) is 0 Å². The van der Waals surface area contributed by atoms with Gasteiger partial charge in [0.2, 0.25) is 0 Å². The molecule has 0 saturated heterocycles. The average Bonchev–Trinajstić information content (AvgIpc) is 2.99. The van der Waals surface area contributed by atoms with E-state index in [1.807, 2.05) is 66.7 Å². The fourth-order valence-corrected chi connectivity index (χ4v) is 3.84. The van der Waals surface area contributed by atoms with E-state index >= 15 is 0 Å². The number of aromatic amines is 1. The van der Waals surface area contributed by atoms with Crippen molar-refractivity contribution >= 4 is 11.5 Å². The van der Waals surface area contributed by atoms with Crippen molar-refractivity contribution in [1.29, 1.82) is 0 Å². The molecule has 0 unspecified atom stereocenters. The van der Waals surface area contributed by atoms with Crippen LogP contribution < -0.4 is 5.43 Å². The number of rotatable bonds is 4. The Hall–Kier alpha value is -4.85. The molecule has 0 fully saturated rings. The summed E-state index contributed by atoms with van der Waals surface area (Å²) in [5.74, 6) is -0.0154. The summed E-state index contributed by atoms with van der Waals surface area (Å²) in [5.41, 5.74) is 5.39. The topological polar surface area (TPSA) is 114 Å². The zero-order chi connectivity index (χ0) is 26.2. The first-order valence-corrected chi connectivity index (χ1v) is 11.9. The summed E-state index contributed by atoms with van der Waals surface area (Å²) in [6.07, 6.45) is 10.5. The summed E-state index contributed by atoms with van der Waals surface area (Å²) in [5, 5.41) is 0. The number of aromatic nitrogens is 5. The maximum absolute atomic E-state index is 11.9. The van der Waals surface area contributed by atoms with Crippen LogP contribution in [0.5, 0.6) is 0 Å². The van der Waals surface area contributed by atoms with Crippen LogP contribution in [0.2, 0.25) is 0 Å². The first-order valence-electron chi connectivity index (χ1n) is 11.9. The third kappa shape index (κ3) is 6.73. The fourth-order valence-electron chi connectivity index (χ4n) is 3.84. The number of aliphatic imine (C=N–C) groups is 1. The number of pyridine rings is 5. The van der Waals surface area contributed by atoms with Gasteiger partial charge in [0, 0.05) is 72.2 Å². The summed E-state index contributed by atoms with van der Waals surface area (Å²) >= 11 is 0. The second-order valence-corrected chi connectivity index (χ2v) is 8.18. The van der Waals surface area contributed by atoms with E-state index in [0.29, 0.717) is 29.2 Å². The van der Waals surface area contributed by atoms with Gasteiger partial charge in [0.1, 0.15) is 11.4 Å². The van der Waals surface area contributed by atoms with Crippen molar-refractivity contribution in [3.8, 4) is 34.0 Å². The molecule has 0 bridgehead atoms. The summed E-state index contributed by atoms with van der Waals surface area (Å²) in [6, 6.07) is 23.6. The summed E-state index contributed by atoms with van der Waals surface area (Å²) < 4.78 is 0. The minimum absolute atomic E-state index is 0. The van der Waals surface area contributed by atoms with Crippen LogP contribution in [-0.2, 0) is 21.9 Å². The molecular formula is C30H22MnN6O2. The van der Waals surface area contributed by atoms with Crippen LogP contribution in [-0.4, -0.2) is 36.4 Å². The Morgan fingerprint density at radius 2 is 1.21 bits per heavy atom. The van der Waals surface area contributed by atoms with Crippen molar-refractivity contribution in [1.82, 2.24) is 24.9 Å². The number of Topliss-reactive ketones (excluding diaryl/α,β-unsaturated/α-hetero) is 1.